The second-order valence-corrected chi connectivity index (χ2v) is 9.12. The number of rotatable bonds is 7. The lowest BCUT2D eigenvalue weighted by atomic mass is 10.1. The van der Waals surface area contributed by atoms with Gasteiger partial charge >= 0.3 is 6.18 Å². The zero-order valence-electron chi connectivity index (χ0n) is 15.5. The number of thiazole rings is 1. The van der Waals surface area contributed by atoms with Gasteiger partial charge in [-0.15, -0.1) is 23.1 Å². The number of alkyl halides is 3. The third kappa shape index (κ3) is 5.11. The molecule has 1 aliphatic rings. The highest BCUT2D eigenvalue weighted by atomic mass is 32.2. The standard InChI is InChI=1S/C21H19F3N2OS2/c22-21(23,24)15-7-5-14(6-8-15)11-26(16-9-10-16)20(27)13-28-12-19-25-17-3-1-2-4-18(17)29-19/h1-8,16H,9-13H2. The lowest BCUT2D eigenvalue weighted by Gasteiger charge is -2.22. The smallest absolute Gasteiger partial charge is 0.335 e. The van der Waals surface area contributed by atoms with Gasteiger partial charge in [0.1, 0.15) is 5.01 Å². The van der Waals surface area contributed by atoms with Crippen LogP contribution in [-0.2, 0) is 23.3 Å². The number of hydrogen-bond donors (Lipinski definition) is 0. The number of aromatic nitrogens is 1. The van der Waals surface area contributed by atoms with Crippen LogP contribution in [0.15, 0.2) is 48.5 Å². The van der Waals surface area contributed by atoms with Crippen LogP contribution in [0.4, 0.5) is 13.2 Å². The molecule has 0 spiro atoms. The van der Waals surface area contributed by atoms with E-state index >= 15 is 0 Å². The van der Waals surface area contributed by atoms with Gasteiger partial charge in [-0.25, -0.2) is 4.98 Å². The average molecular weight is 437 g/mol. The number of fused-ring (bicyclic) bond motifs is 1. The fraction of sp³-hybridized carbons (Fsp3) is 0.333. The summed E-state index contributed by atoms with van der Waals surface area (Å²) in [5.41, 5.74) is 1.02. The van der Waals surface area contributed by atoms with Crippen molar-refractivity contribution in [2.24, 2.45) is 0 Å². The van der Waals surface area contributed by atoms with Gasteiger partial charge in [-0.1, -0.05) is 24.3 Å². The third-order valence-electron chi connectivity index (χ3n) is 4.73. The maximum absolute atomic E-state index is 12.7. The van der Waals surface area contributed by atoms with Gasteiger partial charge in [-0.05, 0) is 42.7 Å². The van der Waals surface area contributed by atoms with Gasteiger partial charge in [0.2, 0.25) is 5.91 Å². The van der Waals surface area contributed by atoms with Crippen LogP contribution < -0.4 is 0 Å². The number of thioether (sulfide) groups is 1. The van der Waals surface area contributed by atoms with Crippen LogP contribution in [0.5, 0.6) is 0 Å². The number of para-hydroxylation sites is 1. The number of amides is 1. The molecule has 0 unspecified atom stereocenters. The topological polar surface area (TPSA) is 33.2 Å². The number of halogens is 3. The van der Waals surface area contributed by atoms with Gasteiger partial charge in [0.25, 0.3) is 0 Å². The van der Waals surface area contributed by atoms with Crippen molar-refractivity contribution in [2.45, 2.75) is 37.4 Å². The van der Waals surface area contributed by atoms with E-state index in [4.69, 9.17) is 0 Å². The van der Waals surface area contributed by atoms with E-state index in [0.29, 0.717) is 18.1 Å². The second-order valence-electron chi connectivity index (χ2n) is 7.02. The molecule has 0 saturated heterocycles. The monoisotopic (exact) mass is 436 g/mol. The SMILES string of the molecule is O=C(CSCc1nc2ccccc2s1)N(Cc1ccc(C(F)(F)F)cc1)C1CC1. The first kappa shape index (κ1) is 20.2. The van der Waals surface area contributed by atoms with Crippen molar-refractivity contribution in [2.75, 3.05) is 5.75 Å². The normalized spacial score (nSPS) is 14.3. The number of benzene rings is 2. The maximum atomic E-state index is 12.7. The Kier molecular flexibility index (Phi) is 5.83. The predicted molar refractivity (Wildman–Crippen MR) is 111 cm³/mol. The quantitative estimate of drug-likeness (QED) is 0.474. The molecule has 0 radical (unpaired) electrons. The molecule has 3 nitrogen and oxygen atoms in total. The zero-order valence-corrected chi connectivity index (χ0v) is 17.1. The van der Waals surface area contributed by atoms with Crippen LogP contribution in [0.3, 0.4) is 0 Å². The summed E-state index contributed by atoms with van der Waals surface area (Å²) in [4.78, 5) is 19.1. The van der Waals surface area contributed by atoms with Gasteiger partial charge in [-0.3, -0.25) is 4.79 Å². The summed E-state index contributed by atoms with van der Waals surface area (Å²) in [6.07, 6.45) is -2.44. The molecular formula is C21H19F3N2OS2. The van der Waals surface area contributed by atoms with Gasteiger partial charge in [0, 0.05) is 18.3 Å². The molecule has 1 aliphatic carbocycles. The van der Waals surface area contributed by atoms with Gasteiger partial charge in [0.15, 0.2) is 0 Å². The summed E-state index contributed by atoms with van der Waals surface area (Å²) in [7, 11) is 0. The van der Waals surface area contributed by atoms with Crippen molar-refractivity contribution in [1.29, 1.82) is 0 Å². The zero-order chi connectivity index (χ0) is 20.4. The van der Waals surface area contributed by atoms with E-state index in [1.54, 1.807) is 16.2 Å². The molecule has 152 valence electrons. The Hall–Kier alpha value is -2.06. The van der Waals surface area contributed by atoms with Crippen molar-refractivity contribution in [1.82, 2.24) is 9.88 Å². The third-order valence-corrected chi connectivity index (χ3v) is 6.88. The number of carbonyl (C=O) groups is 1. The molecule has 1 aromatic heterocycles. The van der Waals surface area contributed by atoms with E-state index in [9.17, 15) is 18.0 Å². The van der Waals surface area contributed by atoms with Crippen molar-refractivity contribution >= 4 is 39.2 Å². The van der Waals surface area contributed by atoms with E-state index in [2.05, 4.69) is 4.98 Å². The molecule has 29 heavy (non-hydrogen) atoms. The number of nitrogens with zero attached hydrogens (tertiary/aromatic N) is 2. The molecular weight excluding hydrogens is 417 g/mol. The largest absolute Gasteiger partial charge is 0.416 e. The number of carbonyl (C=O) groups excluding carboxylic acids is 1. The summed E-state index contributed by atoms with van der Waals surface area (Å²) >= 11 is 3.16. The Morgan fingerprint density at radius 3 is 2.52 bits per heavy atom. The molecule has 1 saturated carbocycles. The Balaban J connectivity index is 1.34. The van der Waals surface area contributed by atoms with Crippen LogP contribution in [-0.4, -0.2) is 27.6 Å². The molecule has 4 rings (SSSR count). The van der Waals surface area contributed by atoms with Crippen LogP contribution in [0.1, 0.15) is 29.0 Å². The molecule has 0 N–H and O–H groups in total. The summed E-state index contributed by atoms with van der Waals surface area (Å²) in [6, 6.07) is 13.2. The summed E-state index contributed by atoms with van der Waals surface area (Å²) in [5, 5.41) is 0.990. The summed E-state index contributed by atoms with van der Waals surface area (Å²) in [5.74, 6) is 1.04. The molecule has 3 aromatic rings. The van der Waals surface area contributed by atoms with Crippen LogP contribution >= 0.6 is 23.1 Å². The summed E-state index contributed by atoms with van der Waals surface area (Å²) in [6.45, 7) is 0.351. The summed E-state index contributed by atoms with van der Waals surface area (Å²) < 4.78 is 39.3. The molecule has 0 bridgehead atoms. The van der Waals surface area contributed by atoms with Gasteiger partial charge in [0.05, 0.1) is 21.5 Å². The fourth-order valence-electron chi connectivity index (χ4n) is 3.09. The highest BCUT2D eigenvalue weighted by Crippen LogP contribution is 2.32. The predicted octanol–water partition coefficient (Wildman–Crippen LogP) is 5.74. The maximum Gasteiger partial charge on any atom is 0.416 e. The fourth-order valence-corrected chi connectivity index (χ4v) is 5.02. The average Bonchev–Trinajstić information content (AvgIpc) is 3.44. The van der Waals surface area contributed by atoms with Crippen molar-refractivity contribution in [3.63, 3.8) is 0 Å². The van der Waals surface area contributed by atoms with Crippen LogP contribution in [0, 0.1) is 0 Å². The number of hydrogen-bond acceptors (Lipinski definition) is 4. The first-order valence-electron chi connectivity index (χ1n) is 9.28. The van der Waals surface area contributed by atoms with Crippen molar-refractivity contribution in [3.05, 3.63) is 64.7 Å². The van der Waals surface area contributed by atoms with Crippen LogP contribution in [0.2, 0.25) is 0 Å². The molecule has 0 atom stereocenters. The molecule has 0 aliphatic heterocycles. The van der Waals surface area contributed by atoms with E-state index in [1.807, 2.05) is 24.3 Å². The minimum Gasteiger partial charge on any atom is -0.335 e. The van der Waals surface area contributed by atoms with Crippen molar-refractivity contribution < 1.29 is 18.0 Å². The van der Waals surface area contributed by atoms with Crippen molar-refractivity contribution in [3.8, 4) is 0 Å². The van der Waals surface area contributed by atoms with Gasteiger partial charge in [-0.2, -0.15) is 13.2 Å². The van der Waals surface area contributed by atoms with E-state index in [1.165, 1.54) is 23.9 Å². The lowest BCUT2D eigenvalue weighted by molar-refractivity contribution is -0.137. The highest BCUT2D eigenvalue weighted by Gasteiger charge is 2.33. The Morgan fingerprint density at radius 2 is 1.86 bits per heavy atom. The minimum atomic E-state index is -4.35. The highest BCUT2D eigenvalue weighted by molar-refractivity contribution is 7.99. The molecule has 2 aromatic carbocycles. The van der Waals surface area contributed by atoms with E-state index in [-0.39, 0.29) is 11.9 Å². The first-order valence-corrected chi connectivity index (χ1v) is 11.2. The molecule has 8 heteroatoms. The van der Waals surface area contributed by atoms with Gasteiger partial charge < -0.3 is 4.90 Å². The molecule has 1 heterocycles. The Labute approximate surface area is 174 Å². The first-order chi connectivity index (χ1) is 13.9. The molecule has 1 fully saturated rings. The Bertz CT molecular complexity index is 964. The molecule has 1 amide bonds. The van der Waals surface area contributed by atoms with E-state index < -0.39 is 11.7 Å². The minimum absolute atomic E-state index is 0.0264. The second kappa shape index (κ2) is 8.36. The Morgan fingerprint density at radius 1 is 1.14 bits per heavy atom. The van der Waals surface area contributed by atoms with E-state index in [0.717, 1.165) is 45.8 Å². The van der Waals surface area contributed by atoms with Crippen LogP contribution in [0.25, 0.3) is 10.2 Å². The lowest BCUT2D eigenvalue weighted by Crippen LogP contribution is -2.34.